The summed E-state index contributed by atoms with van der Waals surface area (Å²) in [7, 11) is 0. The van der Waals surface area contributed by atoms with Crippen molar-refractivity contribution in [3.63, 3.8) is 0 Å². The Morgan fingerprint density at radius 1 is 1.06 bits per heavy atom. The number of fused-ring (bicyclic) bond motifs is 2. The molecule has 1 aliphatic heterocycles. The fourth-order valence-corrected chi connectivity index (χ4v) is 4.11. The van der Waals surface area contributed by atoms with Crippen LogP contribution in [0.1, 0.15) is 27.4 Å². The van der Waals surface area contributed by atoms with Crippen molar-refractivity contribution in [1.29, 1.82) is 0 Å². The highest BCUT2D eigenvalue weighted by Gasteiger charge is 2.25. The van der Waals surface area contributed by atoms with E-state index in [9.17, 15) is 9.59 Å². The van der Waals surface area contributed by atoms with Gasteiger partial charge in [-0.15, -0.1) is 0 Å². The van der Waals surface area contributed by atoms with E-state index in [1.165, 1.54) is 4.40 Å². The number of hydrogen-bond donors (Lipinski definition) is 0. The quantitative estimate of drug-likeness (QED) is 0.500. The third-order valence-corrected chi connectivity index (χ3v) is 5.68. The minimum atomic E-state index is -0.0828. The Labute approximate surface area is 178 Å². The standard InChI is InChI=1S/C22H23N7O2/c1-15-11-16(2)29-21(24-15)18(13-23-29)22(31)27-9-7-26(8-10-27)14-17-12-20(30)28-6-4-3-5-19(28)25-17/h3-6,11-13H,7-10,14H2,1-2H3. The fourth-order valence-electron chi connectivity index (χ4n) is 4.11. The normalized spacial score (nSPS) is 15.1. The van der Waals surface area contributed by atoms with Crippen LogP contribution in [0.15, 0.2) is 47.5 Å². The molecule has 0 saturated carbocycles. The predicted octanol–water partition coefficient (Wildman–Crippen LogP) is 1.31. The van der Waals surface area contributed by atoms with Crippen LogP contribution in [0.4, 0.5) is 0 Å². The average molecular weight is 417 g/mol. The molecule has 0 atom stereocenters. The van der Waals surface area contributed by atoms with Crippen molar-refractivity contribution in [3.05, 3.63) is 75.7 Å². The summed E-state index contributed by atoms with van der Waals surface area (Å²) in [5.41, 5.74) is 4.25. The van der Waals surface area contributed by atoms with Crippen LogP contribution in [0.25, 0.3) is 11.3 Å². The Morgan fingerprint density at radius 2 is 1.87 bits per heavy atom. The molecule has 0 spiro atoms. The summed E-state index contributed by atoms with van der Waals surface area (Å²) in [5, 5.41) is 4.34. The minimum absolute atomic E-state index is 0.0470. The van der Waals surface area contributed by atoms with Gasteiger partial charge in [-0.2, -0.15) is 5.10 Å². The maximum Gasteiger partial charge on any atom is 0.259 e. The van der Waals surface area contributed by atoms with Gasteiger partial charge in [0.25, 0.3) is 11.5 Å². The van der Waals surface area contributed by atoms with Gasteiger partial charge >= 0.3 is 0 Å². The molecular weight excluding hydrogens is 394 g/mol. The van der Waals surface area contributed by atoms with E-state index in [4.69, 9.17) is 0 Å². The van der Waals surface area contributed by atoms with Gasteiger partial charge in [-0.1, -0.05) is 6.07 Å². The topological polar surface area (TPSA) is 88.1 Å². The molecule has 0 bridgehead atoms. The number of pyridine rings is 1. The lowest BCUT2D eigenvalue weighted by Crippen LogP contribution is -2.48. The van der Waals surface area contributed by atoms with Crippen LogP contribution < -0.4 is 5.56 Å². The lowest BCUT2D eigenvalue weighted by molar-refractivity contribution is 0.0628. The number of nitrogens with zero attached hydrogens (tertiary/aromatic N) is 7. The highest BCUT2D eigenvalue weighted by Crippen LogP contribution is 2.16. The zero-order valence-corrected chi connectivity index (χ0v) is 17.5. The molecule has 0 radical (unpaired) electrons. The molecule has 0 aliphatic carbocycles. The van der Waals surface area contributed by atoms with Crippen molar-refractivity contribution in [1.82, 2.24) is 33.8 Å². The van der Waals surface area contributed by atoms with Crippen molar-refractivity contribution in [2.24, 2.45) is 0 Å². The Hall–Kier alpha value is -3.59. The molecule has 9 nitrogen and oxygen atoms in total. The molecule has 0 unspecified atom stereocenters. The molecule has 5 heterocycles. The molecule has 5 rings (SSSR count). The van der Waals surface area contributed by atoms with Crippen molar-refractivity contribution in [2.45, 2.75) is 20.4 Å². The molecule has 158 valence electrons. The number of carbonyl (C=O) groups is 1. The monoisotopic (exact) mass is 417 g/mol. The smallest absolute Gasteiger partial charge is 0.259 e. The number of hydrogen-bond acceptors (Lipinski definition) is 6. The van der Waals surface area contributed by atoms with E-state index >= 15 is 0 Å². The van der Waals surface area contributed by atoms with Crippen LogP contribution >= 0.6 is 0 Å². The summed E-state index contributed by atoms with van der Waals surface area (Å²) in [6.45, 7) is 7.09. The van der Waals surface area contributed by atoms with Gasteiger partial charge in [-0.25, -0.2) is 14.5 Å². The number of amides is 1. The van der Waals surface area contributed by atoms with Gasteiger partial charge < -0.3 is 4.90 Å². The van der Waals surface area contributed by atoms with Crippen molar-refractivity contribution in [3.8, 4) is 0 Å². The first-order chi connectivity index (χ1) is 15.0. The van der Waals surface area contributed by atoms with Crippen LogP contribution in [0.3, 0.4) is 0 Å². The van der Waals surface area contributed by atoms with Gasteiger partial charge in [0.15, 0.2) is 5.65 Å². The second kappa shape index (κ2) is 7.59. The summed E-state index contributed by atoms with van der Waals surface area (Å²) in [6.07, 6.45) is 3.33. The van der Waals surface area contributed by atoms with Crippen molar-refractivity contribution < 1.29 is 4.79 Å². The van der Waals surface area contributed by atoms with Gasteiger partial charge in [-0.05, 0) is 32.0 Å². The average Bonchev–Trinajstić information content (AvgIpc) is 3.18. The van der Waals surface area contributed by atoms with Gasteiger partial charge in [0.05, 0.1) is 11.9 Å². The van der Waals surface area contributed by atoms with Gasteiger partial charge in [0, 0.05) is 56.4 Å². The number of rotatable bonds is 3. The molecular formula is C22H23N7O2. The van der Waals surface area contributed by atoms with Gasteiger partial charge in [-0.3, -0.25) is 18.9 Å². The molecule has 1 saturated heterocycles. The molecule has 1 fully saturated rings. The highest BCUT2D eigenvalue weighted by molar-refractivity contribution is 5.99. The van der Waals surface area contributed by atoms with Crippen LogP contribution in [-0.2, 0) is 6.54 Å². The van der Waals surface area contributed by atoms with E-state index in [1.54, 1.807) is 23.0 Å². The van der Waals surface area contributed by atoms with Crippen LogP contribution in [0.5, 0.6) is 0 Å². The summed E-state index contributed by atoms with van der Waals surface area (Å²) in [5.74, 6) is -0.0470. The minimum Gasteiger partial charge on any atom is -0.336 e. The summed E-state index contributed by atoms with van der Waals surface area (Å²) in [4.78, 5) is 38.6. The molecule has 0 aromatic carbocycles. The number of piperazine rings is 1. The van der Waals surface area contributed by atoms with Crippen LogP contribution in [-0.4, -0.2) is 65.9 Å². The van der Waals surface area contributed by atoms with E-state index in [0.29, 0.717) is 49.6 Å². The third-order valence-electron chi connectivity index (χ3n) is 5.68. The first-order valence-electron chi connectivity index (χ1n) is 10.3. The summed E-state index contributed by atoms with van der Waals surface area (Å²) < 4.78 is 3.24. The van der Waals surface area contributed by atoms with E-state index in [0.717, 1.165) is 17.1 Å². The molecule has 9 heteroatoms. The van der Waals surface area contributed by atoms with Crippen molar-refractivity contribution in [2.75, 3.05) is 26.2 Å². The van der Waals surface area contributed by atoms with Crippen LogP contribution in [0, 0.1) is 13.8 Å². The SMILES string of the molecule is Cc1cc(C)n2ncc(C(=O)N3CCN(Cc4cc(=O)n5ccccc5n4)CC3)c2n1. The number of aromatic nitrogens is 5. The Morgan fingerprint density at radius 3 is 2.68 bits per heavy atom. The van der Waals surface area contributed by atoms with Crippen LogP contribution in [0.2, 0.25) is 0 Å². The molecule has 0 N–H and O–H groups in total. The highest BCUT2D eigenvalue weighted by atomic mass is 16.2. The third kappa shape index (κ3) is 3.57. The Kier molecular flexibility index (Phi) is 4.74. The maximum absolute atomic E-state index is 13.1. The summed E-state index contributed by atoms with van der Waals surface area (Å²) >= 11 is 0. The van der Waals surface area contributed by atoms with E-state index in [2.05, 4.69) is 20.0 Å². The van der Waals surface area contributed by atoms with E-state index in [1.807, 2.05) is 43.0 Å². The molecule has 1 amide bonds. The molecule has 4 aromatic heterocycles. The lowest BCUT2D eigenvalue weighted by atomic mass is 10.2. The number of carbonyl (C=O) groups excluding carboxylic acids is 1. The second-order valence-electron chi connectivity index (χ2n) is 7.92. The fraction of sp³-hybridized carbons (Fsp3) is 0.318. The predicted molar refractivity (Wildman–Crippen MR) is 115 cm³/mol. The van der Waals surface area contributed by atoms with E-state index < -0.39 is 0 Å². The summed E-state index contributed by atoms with van der Waals surface area (Å²) in [6, 6.07) is 9.04. The zero-order valence-electron chi connectivity index (χ0n) is 17.5. The first kappa shape index (κ1) is 19.4. The zero-order chi connectivity index (χ0) is 21.5. The molecule has 1 aliphatic rings. The largest absolute Gasteiger partial charge is 0.336 e. The van der Waals surface area contributed by atoms with Gasteiger partial charge in [0.1, 0.15) is 11.2 Å². The molecule has 31 heavy (non-hydrogen) atoms. The lowest BCUT2D eigenvalue weighted by Gasteiger charge is -2.34. The Bertz CT molecular complexity index is 1350. The second-order valence-corrected chi connectivity index (χ2v) is 7.92. The number of aryl methyl sites for hydroxylation is 2. The van der Waals surface area contributed by atoms with E-state index in [-0.39, 0.29) is 11.5 Å². The van der Waals surface area contributed by atoms with Gasteiger partial charge in [0.2, 0.25) is 0 Å². The first-order valence-corrected chi connectivity index (χ1v) is 10.3. The Balaban J connectivity index is 1.29. The molecule has 4 aromatic rings. The van der Waals surface area contributed by atoms with Crippen molar-refractivity contribution >= 4 is 17.2 Å². The maximum atomic E-state index is 13.1.